The van der Waals surface area contributed by atoms with Crippen molar-refractivity contribution in [2.45, 2.75) is 17.8 Å². The van der Waals surface area contributed by atoms with Crippen molar-refractivity contribution in [1.29, 1.82) is 5.41 Å². The summed E-state index contributed by atoms with van der Waals surface area (Å²) in [5.74, 6) is 0. The fraction of sp³-hybridized carbons (Fsp3) is 0.857. The number of nitrogens with zero attached hydrogens (tertiary/aromatic N) is 2. The van der Waals surface area contributed by atoms with E-state index in [1.807, 2.05) is 18.8 Å². The van der Waals surface area contributed by atoms with Crippen LogP contribution >= 0.6 is 24.4 Å². The first-order valence-electron chi connectivity index (χ1n) is 3.96. The average Bonchev–Trinajstić information content (AvgIpc) is 2.08. The Hall–Kier alpha value is 0.860. The minimum absolute atomic E-state index is 0.0403. The quantitative estimate of drug-likeness (QED) is 0.204. The van der Waals surface area contributed by atoms with Gasteiger partial charge in [-0.1, -0.05) is 0 Å². The van der Waals surface area contributed by atoms with Crippen LogP contribution in [0, 0.1) is 5.41 Å². The van der Waals surface area contributed by atoms with Crippen molar-refractivity contribution in [2.75, 3.05) is 17.9 Å². The maximum absolute atomic E-state index is 7.77. The fourth-order valence-corrected chi connectivity index (χ4v) is 5.64. The second-order valence-corrected chi connectivity index (χ2v) is 8.31. The average molecular weight is 332 g/mol. The van der Waals surface area contributed by atoms with Gasteiger partial charge in [-0.2, -0.15) is 0 Å². The summed E-state index contributed by atoms with van der Waals surface area (Å²) in [7, 11) is 4.06. The van der Waals surface area contributed by atoms with Gasteiger partial charge in [0.05, 0.1) is 0 Å². The molecule has 0 aromatic carbocycles. The van der Waals surface area contributed by atoms with Crippen LogP contribution in [-0.2, 0) is 0 Å². The molecule has 2 unspecified atom stereocenters. The van der Waals surface area contributed by atoms with Crippen molar-refractivity contribution in [3.8, 4) is 0 Å². The van der Waals surface area contributed by atoms with Gasteiger partial charge < -0.3 is 0 Å². The standard InChI is InChI=1S/C7H15IN3S2/c1-5(12)10(2)7-11(3)6(9)8-4-13-7/h5,7,9,12H,4H2,1-3H3/q-1. The van der Waals surface area contributed by atoms with Gasteiger partial charge in [-0.15, -0.1) is 0 Å². The van der Waals surface area contributed by atoms with Crippen molar-refractivity contribution in [2.24, 2.45) is 0 Å². The Labute approximate surface area is 99.8 Å². The van der Waals surface area contributed by atoms with Gasteiger partial charge >= 0.3 is 100 Å². The number of halogens is 1. The predicted molar refractivity (Wildman–Crippen MR) is 57.9 cm³/mol. The molecule has 1 saturated heterocycles. The SMILES string of the molecule is CC(S)N(C)C1SC[I-]C(=N)N1C. The van der Waals surface area contributed by atoms with Crippen LogP contribution in [0.5, 0.6) is 0 Å². The Morgan fingerprint density at radius 3 is 3.00 bits per heavy atom. The van der Waals surface area contributed by atoms with Gasteiger partial charge in [0.15, 0.2) is 0 Å². The van der Waals surface area contributed by atoms with E-state index in [0.717, 1.165) is 7.60 Å². The zero-order chi connectivity index (χ0) is 10.0. The summed E-state index contributed by atoms with van der Waals surface area (Å²) in [4.78, 5) is 4.25. The molecule has 0 amide bonds. The molecule has 13 heavy (non-hydrogen) atoms. The van der Waals surface area contributed by atoms with Crippen LogP contribution in [0.25, 0.3) is 0 Å². The molecule has 78 valence electrons. The van der Waals surface area contributed by atoms with Crippen LogP contribution in [0.15, 0.2) is 0 Å². The summed E-state index contributed by atoms with van der Waals surface area (Å²) in [6.45, 7) is 2.06. The van der Waals surface area contributed by atoms with Crippen LogP contribution in [0.2, 0.25) is 0 Å². The molecule has 1 aliphatic rings. The van der Waals surface area contributed by atoms with Crippen molar-refractivity contribution < 1.29 is 21.2 Å². The number of thiol groups is 1. The Balaban J connectivity index is 2.62. The summed E-state index contributed by atoms with van der Waals surface area (Å²) in [6, 6.07) is 0. The third kappa shape index (κ3) is 2.90. The number of thioether (sulfide) groups is 1. The van der Waals surface area contributed by atoms with Gasteiger partial charge in [0.25, 0.3) is 0 Å². The van der Waals surface area contributed by atoms with Gasteiger partial charge in [0.2, 0.25) is 0 Å². The number of hydrogen-bond acceptors (Lipinski definition) is 4. The van der Waals surface area contributed by atoms with Crippen LogP contribution in [-0.4, -0.2) is 42.4 Å². The predicted octanol–water partition coefficient (Wildman–Crippen LogP) is -1.86. The molecule has 1 fully saturated rings. The molecule has 6 heteroatoms. The Bertz CT molecular complexity index is 200. The Kier molecular flexibility index (Phi) is 4.67. The van der Waals surface area contributed by atoms with E-state index in [2.05, 4.69) is 36.4 Å². The van der Waals surface area contributed by atoms with E-state index in [1.165, 1.54) is 0 Å². The summed E-state index contributed by atoms with van der Waals surface area (Å²) >= 11 is 6.28. The summed E-state index contributed by atoms with van der Waals surface area (Å²) in [5, 5.41) is 8.01. The summed E-state index contributed by atoms with van der Waals surface area (Å²) < 4.78 is 1.99. The molecule has 0 aromatic heterocycles. The molecule has 0 aromatic rings. The van der Waals surface area contributed by atoms with E-state index in [4.69, 9.17) is 5.41 Å². The van der Waals surface area contributed by atoms with Gasteiger partial charge in [0, 0.05) is 0 Å². The number of nitrogens with one attached hydrogen (secondary N) is 1. The van der Waals surface area contributed by atoms with Crippen LogP contribution in [0.3, 0.4) is 0 Å². The van der Waals surface area contributed by atoms with E-state index < -0.39 is 0 Å². The number of rotatable bonds is 2. The number of alkyl halides is 1. The van der Waals surface area contributed by atoms with Gasteiger partial charge in [-0.25, -0.2) is 0 Å². The van der Waals surface area contributed by atoms with Crippen molar-refractivity contribution in [3.05, 3.63) is 0 Å². The van der Waals surface area contributed by atoms with Crippen molar-refractivity contribution in [1.82, 2.24) is 9.80 Å². The maximum atomic E-state index is 7.77. The van der Waals surface area contributed by atoms with Gasteiger partial charge in [0.1, 0.15) is 0 Å². The molecular formula is C7H15IN3S2-. The number of hydrogen-bond donors (Lipinski definition) is 2. The Morgan fingerprint density at radius 1 is 1.85 bits per heavy atom. The normalized spacial score (nSPS) is 27.3. The third-order valence-corrected chi connectivity index (χ3v) is 7.01. The minimum atomic E-state index is -0.0403. The molecule has 1 rings (SSSR count). The van der Waals surface area contributed by atoms with E-state index in [9.17, 15) is 0 Å². The molecule has 3 nitrogen and oxygen atoms in total. The molecule has 0 bridgehead atoms. The topological polar surface area (TPSA) is 30.3 Å². The molecule has 0 aliphatic carbocycles. The molecule has 2 atom stereocenters. The van der Waals surface area contributed by atoms with Gasteiger partial charge in [-0.05, 0) is 0 Å². The molecule has 0 radical (unpaired) electrons. The summed E-state index contributed by atoms with van der Waals surface area (Å²) in [6.07, 6.45) is 0. The van der Waals surface area contributed by atoms with E-state index in [1.54, 1.807) is 0 Å². The second-order valence-electron chi connectivity index (χ2n) is 2.93. The molecular weight excluding hydrogens is 317 g/mol. The van der Waals surface area contributed by atoms with Crippen molar-refractivity contribution >= 4 is 28.2 Å². The molecule has 1 aliphatic heterocycles. The van der Waals surface area contributed by atoms with Crippen LogP contribution in [0.1, 0.15) is 6.92 Å². The zero-order valence-electron chi connectivity index (χ0n) is 7.99. The summed E-state index contributed by atoms with van der Waals surface area (Å²) in [5.41, 5.74) is 0.299. The van der Waals surface area contributed by atoms with Crippen LogP contribution in [0.4, 0.5) is 0 Å². The molecule has 0 spiro atoms. The monoisotopic (exact) mass is 332 g/mol. The number of amidine groups is 1. The van der Waals surface area contributed by atoms with Gasteiger partial charge in [-0.3, -0.25) is 0 Å². The third-order valence-electron chi connectivity index (χ3n) is 1.97. The molecule has 1 heterocycles. The van der Waals surface area contributed by atoms with Crippen molar-refractivity contribution in [3.63, 3.8) is 0 Å². The van der Waals surface area contributed by atoms with E-state index in [0.29, 0.717) is 5.50 Å². The first-order valence-corrected chi connectivity index (χ1v) is 8.13. The molecule has 0 saturated carbocycles. The van der Waals surface area contributed by atoms with E-state index in [-0.39, 0.29) is 26.6 Å². The first-order chi connectivity index (χ1) is 6.04. The Morgan fingerprint density at radius 2 is 2.46 bits per heavy atom. The van der Waals surface area contributed by atoms with E-state index >= 15 is 0 Å². The van der Waals surface area contributed by atoms with Crippen LogP contribution < -0.4 is 21.2 Å². The zero-order valence-corrected chi connectivity index (χ0v) is 11.9. The molecule has 1 N–H and O–H groups in total. The fourth-order valence-electron chi connectivity index (χ4n) is 1.02. The first kappa shape index (κ1) is 11.9. The second kappa shape index (κ2) is 5.09.